The van der Waals surface area contributed by atoms with Gasteiger partial charge in [-0.05, 0) is 24.3 Å². The minimum Gasteiger partial charge on any atom is -0.497 e. The first kappa shape index (κ1) is 18.9. The van der Waals surface area contributed by atoms with Gasteiger partial charge in [-0.2, -0.15) is 13.5 Å². The van der Waals surface area contributed by atoms with Gasteiger partial charge in [0.25, 0.3) is 7.43 Å². The van der Waals surface area contributed by atoms with Crippen molar-refractivity contribution in [3.63, 3.8) is 0 Å². The van der Waals surface area contributed by atoms with Gasteiger partial charge in [0.1, 0.15) is 16.8 Å². The minimum absolute atomic E-state index is 0.00586. The predicted molar refractivity (Wildman–Crippen MR) is 87.5 cm³/mol. The molecule has 5 nitrogen and oxygen atoms in total. The van der Waals surface area contributed by atoms with E-state index in [1.54, 1.807) is 0 Å². The Kier molecular flexibility index (Phi) is 5.37. The van der Waals surface area contributed by atoms with Gasteiger partial charge in [-0.15, -0.1) is 0 Å². The van der Waals surface area contributed by atoms with Gasteiger partial charge in [0, 0.05) is 0 Å². The lowest BCUT2D eigenvalue weighted by Gasteiger charge is -2.22. The largest absolute Gasteiger partial charge is 0.497 e. The Hall–Kier alpha value is -1.88. The van der Waals surface area contributed by atoms with Crippen LogP contribution in [0.4, 0.5) is 22.0 Å². The molecule has 0 aromatic heterocycles. The van der Waals surface area contributed by atoms with Crippen molar-refractivity contribution in [2.75, 3.05) is 7.11 Å². The Morgan fingerprint density at radius 1 is 0.808 bits per heavy atom. The molecule has 0 radical (unpaired) electrons. The molecule has 13 heteroatoms. The van der Waals surface area contributed by atoms with Crippen molar-refractivity contribution in [1.82, 2.24) is 0 Å². The van der Waals surface area contributed by atoms with E-state index in [1.165, 1.54) is 31.4 Å². The normalized spacial score (nSPS) is 19.8. The monoisotopic (exact) mass is 425 g/mol. The van der Waals surface area contributed by atoms with Crippen molar-refractivity contribution in [2.24, 2.45) is 13.5 Å². The molecular weight excluding hydrogens is 418 g/mol. The first-order valence-electron chi connectivity index (χ1n) is 6.69. The molecule has 0 amide bonds. The number of methoxy groups -OCH3 is 1. The third kappa shape index (κ3) is 3.25. The highest BCUT2D eigenvalue weighted by atomic mass is 31.2. The van der Waals surface area contributed by atoms with Gasteiger partial charge >= 0.3 is 0 Å². The van der Waals surface area contributed by atoms with Crippen LogP contribution in [0.5, 0.6) is 11.5 Å². The van der Waals surface area contributed by atoms with Crippen molar-refractivity contribution in [1.29, 1.82) is 0 Å². The zero-order chi connectivity index (χ0) is 18.9. The first-order valence-corrected chi connectivity index (χ1v) is 9.90. The number of hydrogen-bond acceptors (Lipinski definition) is 5. The maximum atomic E-state index is 14.3. The Morgan fingerprint density at radius 2 is 1.35 bits per heavy atom. The van der Waals surface area contributed by atoms with Crippen LogP contribution in [0, 0.1) is 29.1 Å². The maximum absolute atomic E-state index is 14.3. The molecule has 0 aliphatic carbocycles. The van der Waals surface area contributed by atoms with E-state index >= 15 is 0 Å². The van der Waals surface area contributed by atoms with E-state index in [2.05, 4.69) is 13.5 Å². The van der Waals surface area contributed by atoms with E-state index in [9.17, 15) is 22.0 Å². The van der Waals surface area contributed by atoms with E-state index in [0.717, 1.165) is 0 Å². The summed E-state index contributed by atoms with van der Waals surface area (Å²) in [5.74, 6) is -9.93. The minimum atomic E-state index is -3.94. The lowest BCUT2D eigenvalue weighted by molar-refractivity contribution is 0.383. The van der Waals surface area contributed by atoms with Gasteiger partial charge < -0.3 is 9.26 Å². The highest BCUT2D eigenvalue weighted by Gasteiger charge is 2.39. The van der Waals surface area contributed by atoms with Crippen LogP contribution in [0.15, 0.2) is 37.8 Å². The molecule has 26 heavy (non-hydrogen) atoms. The van der Waals surface area contributed by atoms with E-state index in [0.29, 0.717) is 5.75 Å². The number of rotatable bonds is 4. The van der Waals surface area contributed by atoms with Gasteiger partial charge in [-0.3, -0.25) is 0 Å². The number of nitrogens with zero attached hydrogens (tertiary/aromatic N) is 3. The van der Waals surface area contributed by atoms with Crippen LogP contribution in [0.1, 0.15) is 0 Å². The molecule has 0 fully saturated rings. The van der Waals surface area contributed by atoms with Crippen molar-refractivity contribution >= 4 is 29.8 Å². The summed E-state index contributed by atoms with van der Waals surface area (Å²) in [4.78, 5) is 0. The molecule has 2 aromatic carbocycles. The van der Waals surface area contributed by atoms with Gasteiger partial charge in [0.05, 0.1) is 7.11 Å². The molecule has 1 atom stereocenters. The Bertz CT molecular complexity index is 953. The summed E-state index contributed by atoms with van der Waals surface area (Å²) >= 11 is 0. The van der Waals surface area contributed by atoms with Crippen LogP contribution in [-0.4, -0.2) is 7.11 Å². The zero-order valence-corrected chi connectivity index (χ0v) is 15.4. The maximum Gasteiger partial charge on any atom is 0.298 e. The third-order valence-corrected chi connectivity index (χ3v) is 7.83. The standard InChI is InChI=1S/C13H7F5N3O2P3/c1-22-6-2-4-7(5-3-6)23-26(20-24-19-25-21-26)13-11(17)9(15)8(14)10(16)12(13)18/h2-5H,1H3. The van der Waals surface area contributed by atoms with Gasteiger partial charge in [-0.1, -0.05) is 0 Å². The van der Waals surface area contributed by atoms with Crippen LogP contribution >= 0.6 is 24.5 Å². The molecule has 1 heterocycles. The quantitative estimate of drug-likeness (QED) is 0.253. The summed E-state index contributed by atoms with van der Waals surface area (Å²) in [7, 11) is -2.50. The Morgan fingerprint density at radius 3 is 1.85 bits per heavy atom. The third-order valence-electron chi connectivity index (χ3n) is 3.17. The van der Waals surface area contributed by atoms with Crippen molar-refractivity contribution < 1.29 is 31.2 Å². The van der Waals surface area contributed by atoms with Crippen LogP contribution in [0.3, 0.4) is 0 Å². The number of hydrogen-bond donors (Lipinski definition) is 0. The van der Waals surface area contributed by atoms with Crippen LogP contribution < -0.4 is 14.6 Å². The lowest BCUT2D eigenvalue weighted by atomic mass is 10.3. The molecule has 0 saturated heterocycles. The number of ether oxygens (including phenoxy) is 1. The number of benzene rings is 2. The summed E-state index contributed by atoms with van der Waals surface area (Å²) in [6.45, 7) is 0. The number of halogens is 5. The van der Waals surface area contributed by atoms with E-state index in [1.807, 2.05) is 0 Å². The van der Waals surface area contributed by atoms with Crippen LogP contribution in [0.2, 0.25) is 0 Å². The molecule has 0 bridgehead atoms. The molecule has 1 aliphatic rings. The second kappa shape index (κ2) is 7.39. The summed E-state index contributed by atoms with van der Waals surface area (Å²) in [5, 5.41) is -1.19. The molecule has 0 spiro atoms. The second-order valence-corrected chi connectivity index (χ2v) is 8.90. The summed E-state index contributed by atoms with van der Waals surface area (Å²) < 4.78 is 91.2. The predicted octanol–water partition coefficient (Wildman–Crippen LogP) is 6.23. The van der Waals surface area contributed by atoms with Crippen LogP contribution in [0.25, 0.3) is 0 Å². The molecule has 3 rings (SSSR count). The zero-order valence-electron chi connectivity index (χ0n) is 12.7. The summed E-state index contributed by atoms with van der Waals surface area (Å²) in [6.07, 6.45) is 0. The highest BCUT2D eigenvalue weighted by molar-refractivity contribution is 7.75. The molecule has 136 valence electrons. The molecule has 2 aromatic rings. The Balaban J connectivity index is 2.21. The molecule has 0 N–H and O–H groups in total. The van der Waals surface area contributed by atoms with Gasteiger partial charge in [0.15, 0.2) is 40.3 Å². The molecular formula is C13H7F5N3O2P3. The van der Waals surface area contributed by atoms with Crippen LogP contribution in [-0.2, 0) is 0 Å². The topological polar surface area (TPSA) is 55.5 Å². The smallest absolute Gasteiger partial charge is 0.298 e. The average molecular weight is 425 g/mol. The fourth-order valence-electron chi connectivity index (χ4n) is 1.98. The van der Waals surface area contributed by atoms with Crippen molar-refractivity contribution in [2.45, 2.75) is 0 Å². The van der Waals surface area contributed by atoms with Gasteiger partial charge in [0.2, 0.25) is 5.82 Å². The first-order chi connectivity index (χ1) is 12.4. The van der Waals surface area contributed by atoms with E-state index < -0.39 is 41.8 Å². The fourth-order valence-corrected chi connectivity index (χ4v) is 6.61. The molecule has 1 unspecified atom stereocenters. The molecule has 0 saturated carbocycles. The highest BCUT2D eigenvalue weighted by Crippen LogP contribution is 2.59. The Labute approximate surface area is 147 Å². The fraction of sp³-hybridized carbons (Fsp3) is 0.0769. The van der Waals surface area contributed by atoms with Crippen molar-refractivity contribution in [3.8, 4) is 11.5 Å². The lowest BCUT2D eigenvalue weighted by Crippen LogP contribution is -2.22. The second-order valence-electron chi connectivity index (χ2n) is 4.68. The molecule has 1 aliphatic heterocycles. The van der Waals surface area contributed by atoms with E-state index in [-0.39, 0.29) is 22.8 Å². The van der Waals surface area contributed by atoms with Gasteiger partial charge in [-0.25, -0.2) is 22.0 Å². The summed E-state index contributed by atoms with van der Waals surface area (Å²) in [5.41, 5.74) is 0. The SMILES string of the molecule is COc1ccc(OP2(c3c(F)c(F)c(F)c(F)c3F)=NP=NP=N2)cc1. The van der Waals surface area contributed by atoms with E-state index in [4.69, 9.17) is 9.26 Å². The average Bonchev–Trinajstić information content (AvgIpc) is 2.66. The van der Waals surface area contributed by atoms with Crippen molar-refractivity contribution in [3.05, 3.63) is 53.4 Å². The summed E-state index contributed by atoms with van der Waals surface area (Å²) in [6, 6.07) is 5.79.